The fourth-order valence-corrected chi connectivity index (χ4v) is 6.47. The van der Waals surface area contributed by atoms with Gasteiger partial charge in [-0.25, -0.2) is 13.2 Å². The van der Waals surface area contributed by atoms with E-state index in [4.69, 9.17) is 23.2 Å². The Kier molecular flexibility index (Phi) is 5.33. The van der Waals surface area contributed by atoms with Gasteiger partial charge in [0.15, 0.2) is 9.84 Å². The summed E-state index contributed by atoms with van der Waals surface area (Å²) in [6.07, 6.45) is 0.988. The molecule has 4 rings (SSSR count). The SMILES string of the molecule is O=C(O)C1CC(S(=O)(=O)c2ccccc2Cl)CN1C(=O)C1(c2ccc(Cl)cc2)CC1. The normalized spacial score (nSPS) is 22.7. The quantitative estimate of drug-likeness (QED) is 0.725. The van der Waals surface area contributed by atoms with E-state index in [1.807, 2.05) is 0 Å². The molecule has 1 N–H and O–H groups in total. The molecular formula is C21H19Cl2NO5S. The summed E-state index contributed by atoms with van der Waals surface area (Å²) in [5, 5.41) is 9.28. The van der Waals surface area contributed by atoms with Crippen molar-refractivity contribution in [1.29, 1.82) is 0 Å². The van der Waals surface area contributed by atoms with Crippen LogP contribution in [-0.2, 0) is 24.8 Å². The molecule has 1 saturated carbocycles. The number of carbonyl (C=O) groups excluding carboxylic acids is 1. The number of hydrogen-bond acceptors (Lipinski definition) is 4. The summed E-state index contributed by atoms with van der Waals surface area (Å²) < 4.78 is 26.3. The van der Waals surface area contributed by atoms with E-state index >= 15 is 0 Å². The Morgan fingerprint density at radius 3 is 2.23 bits per heavy atom. The maximum atomic E-state index is 13.4. The van der Waals surface area contributed by atoms with E-state index < -0.39 is 32.5 Å². The second-order valence-corrected chi connectivity index (χ2v) is 10.8. The highest BCUT2D eigenvalue weighted by atomic mass is 35.5. The van der Waals surface area contributed by atoms with Gasteiger partial charge in [-0.3, -0.25) is 4.79 Å². The van der Waals surface area contributed by atoms with E-state index in [9.17, 15) is 23.1 Å². The molecule has 2 aromatic rings. The van der Waals surface area contributed by atoms with Gasteiger partial charge in [0.2, 0.25) is 5.91 Å². The molecule has 0 bridgehead atoms. The number of carboxylic acids is 1. The lowest BCUT2D eigenvalue weighted by molar-refractivity contribution is -0.149. The lowest BCUT2D eigenvalue weighted by atomic mass is 9.94. The van der Waals surface area contributed by atoms with Crippen LogP contribution < -0.4 is 0 Å². The summed E-state index contributed by atoms with van der Waals surface area (Å²) in [7, 11) is -3.90. The monoisotopic (exact) mass is 467 g/mol. The fraction of sp³-hybridized carbons (Fsp3) is 0.333. The maximum absolute atomic E-state index is 13.4. The summed E-state index contributed by atoms with van der Waals surface area (Å²) >= 11 is 12.0. The number of likely N-dealkylation sites (tertiary alicyclic amines) is 1. The molecule has 1 aliphatic heterocycles. The molecule has 1 amide bonds. The van der Waals surface area contributed by atoms with Gasteiger partial charge in [0, 0.05) is 11.6 Å². The largest absolute Gasteiger partial charge is 0.480 e. The Labute approximate surface area is 184 Å². The molecule has 2 aromatic carbocycles. The number of sulfone groups is 1. The molecule has 1 heterocycles. The molecule has 2 atom stereocenters. The molecule has 9 heteroatoms. The number of carbonyl (C=O) groups is 2. The predicted molar refractivity (Wildman–Crippen MR) is 113 cm³/mol. The van der Waals surface area contributed by atoms with Gasteiger partial charge in [-0.15, -0.1) is 0 Å². The highest BCUT2D eigenvalue weighted by molar-refractivity contribution is 7.92. The van der Waals surface area contributed by atoms with Gasteiger partial charge in [-0.2, -0.15) is 0 Å². The first-order chi connectivity index (χ1) is 14.2. The Hall–Kier alpha value is -2.09. The van der Waals surface area contributed by atoms with E-state index in [-0.39, 0.29) is 28.8 Å². The second kappa shape index (κ2) is 7.55. The van der Waals surface area contributed by atoms with Crippen LogP contribution in [0.4, 0.5) is 0 Å². The molecule has 1 aliphatic carbocycles. The minimum atomic E-state index is -3.90. The van der Waals surface area contributed by atoms with Crippen molar-refractivity contribution in [2.45, 2.75) is 40.9 Å². The minimum Gasteiger partial charge on any atom is -0.480 e. The molecule has 158 valence electrons. The lowest BCUT2D eigenvalue weighted by Gasteiger charge is -2.27. The molecule has 2 unspecified atom stereocenters. The maximum Gasteiger partial charge on any atom is 0.326 e. The van der Waals surface area contributed by atoms with Crippen molar-refractivity contribution in [2.24, 2.45) is 0 Å². The number of amides is 1. The molecule has 0 aromatic heterocycles. The number of rotatable bonds is 5. The third-order valence-electron chi connectivity index (χ3n) is 5.95. The van der Waals surface area contributed by atoms with Crippen molar-refractivity contribution < 1.29 is 23.1 Å². The van der Waals surface area contributed by atoms with Crippen LogP contribution >= 0.6 is 23.2 Å². The zero-order chi connectivity index (χ0) is 21.7. The smallest absolute Gasteiger partial charge is 0.326 e. The van der Waals surface area contributed by atoms with E-state index in [0.29, 0.717) is 17.9 Å². The van der Waals surface area contributed by atoms with Crippen LogP contribution in [0.15, 0.2) is 53.4 Å². The van der Waals surface area contributed by atoms with Crippen molar-refractivity contribution >= 4 is 44.9 Å². The Morgan fingerprint density at radius 1 is 1.03 bits per heavy atom. The van der Waals surface area contributed by atoms with E-state index in [1.54, 1.807) is 36.4 Å². The van der Waals surface area contributed by atoms with Gasteiger partial charge in [0.1, 0.15) is 6.04 Å². The number of benzene rings is 2. The van der Waals surface area contributed by atoms with E-state index in [1.165, 1.54) is 17.0 Å². The van der Waals surface area contributed by atoms with Crippen LogP contribution in [0.2, 0.25) is 10.0 Å². The van der Waals surface area contributed by atoms with E-state index in [0.717, 1.165) is 5.56 Å². The summed E-state index contributed by atoms with van der Waals surface area (Å²) in [6.45, 7) is -0.182. The van der Waals surface area contributed by atoms with Gasteiger partial charge < -0.3 is 10.0 Å². The molecular weight excluding hydrogens is 449 g/mol. The molecule has 2 fully saturated rings. The minimum absolute atomic E-state index is 0.0473. The van der Waals surface area contributed by atoms with E-state index in [2.05, 4.69) is 0 Å². The van der Waals surface area contributed by atoms with Gasteiger partial charge in [0.05, 0.1) is 20.6 Å². The summed E-state index contributed by atoms with van der Waals surface area (Å²) in [4.78, 5) is 26.5. The summed E-state index contributed by atoms with van der Waals surface area (Å²) in [5.74, 6) is -1.57. The Bertz CT molecular complexity index is 1110. The standard InChI is InChI=1S/C21H19Cl2NO5S/c22-14-7-5-13(6-8-14)21(9-10-21)20(27)24-12-15(11-17(24)19(25)26)30(28,29)18-4-2-1-3-16(18)23/h1-8,15,17H,9-12H2,(H,25,26). The van der Waals surface area contributed by atoms with Crippen LogP contribution in [0, 0.1) is 0 Å². The van der Waals surface area contributed by atoms with Gasteiger partial charge in [0.25, 0.3) is 0 Å². The molecule has 0 spiro atoms. The first-order valence-corrected chi connectivity index (χ1v) is 11.8. The van der Waals surface area contributed by atoms with Crippen molar-refractivity contribution in [3.8, 4) is 0 Å². The highest BCUT2D eigenvalue weighted by Crippen LogP contribution is 2.51. The Balaban J connectivity index is 1.65. The van der Waals surface area contributed by atoms with Crippen LogP contribution in [0.5, 0.6) is 0 Å². The van der Waals surface area contributed by atoms with Crippen molar-refractivity contribution in [3.05, 3.63) is 64.1 Å². The van der Waals surface area contributed by atoms with Gasteiger partial charge in [-0.1, -0.05) is 47.5 Å². The van der Waals surface area contributed by atoms with Crippen LogP contribution in [0.1, 0.15) is 24.8 Å². The molecule has 0 radical (unpaired) electrons. The molecule has 2 aliphatic rings. The van der Waals surface area contributed by atoms with Gasteiger partial charge >= 0.3 is 5.97 Å². The number of halogens is 2. The fourth-order valence-electron chi connectivity index (χ4n) is 4.13. The third kappa shape index (κ3) is 3.49. The lowest BCUT2D eigenvalue weighted by Crippen LogP contribution is -2.46. The molecule has 30 heavy (non-hydrogen) atoms. The first kappa shape index (κ1) is 21.2. The summed E-state index contributed by atoms with van der Waals surface area (Å²) in [5.41, 5.74) is -0.0557. The topological polar surface area (TPSA) is 91.8 Å². The number of nitrogens with zero attached hydrogens (tertiary/aromatic N) is 1. The van der Waals surface area contributed by atoms with Gasteiger partial charge in [-0.05, 0) is 49.1 Å². The second-order valence-electron chi connectivity index (χ2n) is 7.73. The average Bonchev–Trinajstić information content (AvgIpc) is 3.38. The van der Waals surface area contributed by atoms with Crippen molar-refractivity contribution in [1.82, 2.24) is 4.90 Å². The zero-order valence-electron chi connectivity index (χ0n) is 15.8. The summed E-state index contributed by atoms with van der Waals surface area (Å²) in [6, 6.07) is 11.7. The average molecular weight is 468 g/mol. The predicted octanol–water partition coefficient (Wildman–Crippen LogP) is 3.55. The number of hydrogen-bond donors (Lipinski definition) is 1. The molecule has 6 nitrogen and oxygen atoms in total. The number of aliphatic carboxylic acids is 1. The van der Waals surface area contributed by atoms with Crippen molar-refractivity contribution in [2.75, 3.05) is 6.54 Å². The Morgan fingerprint density at radius 2 is 1.67 bits per heavy atom. The zero-order valence-corrected chi connectivity index (χ0v) is 18.1. The van der Waals surface area contributed by atoms with Crippen LogP contribution in [0.3, 0.4) is 0 Å². The third-order valence-corrected chi connectivity index (χ3v) is 8.83. The first-order valence-electron chi connectivity index (χ1n) is 9.45. The number of carboxylic acid groups (broad SMARTS) is 1. The highest BCUT2D eigenvalue weighted by Gasteiger charge is 2.57. The molecule has 1 saturated heterocycles. The van der Waals surface area contributed by atoms with Crippen LogP contribution in [-0.4, -0.2) is 48.1 Å². The van der Waals surface area contributed by atoms with Crippen LogP contribution in [0.25, 0.3) is 0 Å². The van der Waals surface area contributed by atoms with Crippen molar-refractivity contribution in [3.63, 3.8) is 0 Å².